The summed E-state index contributed by atoms with van der Waals surface area (Å²) < 4.78 is 8.32. The van der Waals surface area contributed by atoms with Crippen molar-refractivity contribution in [2.45, 2.75) is 13.0 Å². The summed E-state index contributed by atoms with van der Waals surface area (Å²) in [5.74, 6) is 0. The van der Waals surface area contributed by atoms with Gasteiger partial charge in [0, 0.05) is 22.4 Å². The van der Waals surface area contributed by atoms with Gasteiger partial charge in [-0.25, -0.2) is 0 Å². The molecule has 1 aromatic carbocycles. The van der Waals surface area contributed by atoms with Gasteiger partial charge in [-0.3, -0.25) is 4.68 Å². The third-order valence-corrected chi connectivity index (χ3v) is 3.59. The first-order valence-corrected chi connectivity index (χ1v) is 6.58. The first-order chi connectivity index (χ1) is 8.22. The summed E-state index contributed by atoms with van der Waals surface area (Å²) in [6.07, 6.45) is 3.98. The van der Waals surface area contributed by atoms with Crippen LogP contribution in [0.15, 0.2) is 36.7 Å². The summed E-state index contributed by atoms with van der Waals surface area (Å²) in [5.41, 5.74) is 2.38. The van der Waals surface area contributed by atoms with Crippen LogP contribution in [0.2, 0.25) is 0 Å². The van der Waals surface area contributed by atoms with Gasteiger partial charge in [-0.2, -0.15) is 5.10 Å². The second-order valence-corrected chi connectivity index (χ2v) is 5.16. The molecule has 0 saturated carbocycles. The predicted molar refractivity (Wildman–Crippen MR) is 77.0 cm³/mol. The van der Waals surface area contributed by atoms with Gasteiger partial charge in [0.2, 0.25) is 0 Å². The van der Waals surface area contributed by atoms with Crippen molar-refractivity contribution in [2.75, 3.05) is 13.7 Å². The minimum Gasteiger partial charge on any atom is -0.382 e. The standard InChI is InChI=1S/C13H15IN2O/c1-10(9-17-2)16-8-11(7-15-16)12-5-3-4-6-13(12)14/h3-8,10H,9H2,1-2H3. The SMILES string of the molecule is COCC(C)n1cc(-c2ccccc2I)cn1. The quantitative estimate of drug-likeness (QED) is 0.797. The van der Waals surface area contributed by atoms with Crippen LogP contribution in [-0.2, 0) is 4.74 Å². The molecule has 0 radical (unpaired) electrons. The number of hydrogen-bond donors (Lipinski definition) is 0. The summed E-state index contributed by atoms with van der Waals surface area (Å²) in [7, 11) is 1.71. The first-order valence-electron chi connectivity index (χ1n) is 5.50. The normalized spacial score (nSPS) is 12.6. The van der Waals surface area contributed by atoms with E-state index in [4.69, 9.17) is 4.74 Å². The van der Waals surface area contributed by atoms with Crippen LogP contribution in [0.3, 0.4) is 0 Å². The lowest BCUT2D eigenvalue weighted by Gasteiger charge is -2.10. The number of benzene rings is 1. The van der Waals surface area contributed by atoms with Crippen molar-refractivity contribution in [3.8, 4) is 11.1 Å². The lowest BCUT2D eigenvalue weighted by atomic mass is 10.1. The van der Waals surface area contributed by atoms with Gasteiger partial charge in [-0.1, -0.05) is 18.2 Å². The third-order valence-electron chi connectivity index (χ3n) is 2.65. The highest BCUT2D eigenvalue weighted by molar-refractivity contribution is 14.1. The van der Waals surface area contributed by atoms with Gasteiger partial charge >= 0.3 is 0 Å². The molecule has 0 fully saturated rings. The molecule has 1 aromatic heterocycles. The molecule has 0 aliphatic rings. The summed E-state index contributed by atoms with van der Waals surface area (Å²) >= 11 is 2.35. The Balaban J connectivity index is 2.27. The van der Waals surface area contributed by atoms with Crippen LogP contribution in [0, 0.1) is 3.57 Å². The molecule has 1 atom stereocenters. The number of hydrogen-bond acceptors (Lipinski definition) is 2. The molecule has 0 bridgehead atoms. The molecule has 1 unspecified atom stereocenters. The largest absolute Gasteiger partial charge is 0.382 e. The van der Waals surface area contributed by atoms with Gasteiger partial charge < -0.3 is 4.74 Å². The third kappa shape index (κ3) is 2.87. The molecule has 2 rings (SSSR count). The van der Waals surface area contributed by atoms with Crippen molar-refractivity contribution in [2.24, 2.45) is 0 Å². The summed E-state index contributed by atoms with van der Waals surface area (Å²) in [4.78, 5) is 0. The van der Waals surface area contributed by atoms with E-state index >= 15 is 0 Å². The fraction of sp³-hybridized carbons (Fsp3) is 0.308. The first kappa shape index (κ1) is 12.6. The van der Waals surface area contributed by atoms with E-state index in [1.165, 1.54) is 9.13 Å². The molecule has 90 valence electrons. The van der Waals surface area contributed by atoms with Gasteiger partial charge in [0.25, 0.3) is 0 Å². The van der Waals surface area contributed by atoms with Gasteiger partial charge in [-0.05, 0) is 41.1 Å². The fourth-order valence-corrected chi connectivity index (χ4v) is 2.43. The average molecular weight is 342 g/mol. The van der Waals surface area contributed by atoms with E-state index in [9.17, 15) is 0 Å². The molecule has 1 heterocycles. The maximum atomic E-state index is 5.13. The van der Waals surface area contributed by atoms with Crippen molar-refractivity contribution >= 4 is 22.6 Å². The van der Waals surface area contributed by atoms with Crippen molar-refractivity contribution < 1.29 is 4.74 Å². The molecule has 0 aliphatic heterocycles. The minimum absolute atomic E-state index is 0.259. The molecular weight excluding hydrogens is 327 g/mol. The van der Waals surface area contributed by atoms with Gasteiger partial charge in [-0.15, -0.1) is 0 Å². The van der Waals surface area contributed by atoms with Gasteiger partial charge in [0.15, 0.2) is 0 Å². The maximum Gasteiger partial charge on any atom is 0.0724 e. The van der Waals surface area contributed by atoms with Crippen molar-refractivity contribution in [3.05, 3.63) is 40.2 Å². The zero-order chi connectivity index (χ0) is 12.3. The van der Waals surface area contributed by atoms with E-state index in [1.54, 1.807) is 7.11 Å². The molecule has 17 heavy (non-hydrogen) atoms. The molecule has 2 aromatic rings. The number of ether oxygens (including phenoxy) is 1. The minimum atomic E-state index is 0.259. The van der Waals surface area contributed by atoms with E-state index in [1.807, 2.05) is 23.0 Å². The summed E-state index contributed by atoms with van der Waals surface area (Å²) in [6.45, 7) is 2.77. The van der Waals surface area contributed by atoms with Gasteiger partial charge in [0.1, 0.15) is 0 Å². The number of halogens is 1. The highest BCUT2D eigenvalue weighted by Crippen LogP contribution is 2.25. The average Bonchev–Trinajstić information content (AvgIpc) is 2.79. The van der Waals surface area contributed by atoms with Crippen LogP contribution >= 0.6 is 22.6 Å². The molecule has 0 saturated heterocycles. The number of methoxy groups -OCH3 is 1. The Morgan fingerprint density at radius 1 is 1.41 bits per heavy atom. The second-order valence-electron chi connectivity index (χ2n) is 3.99. The lowest BCUT2D eigenvalue weighted by Crippen LogP contribution is -2.11. The summed E-state index contributed by atoms with van der Waals surface area (Å²) in [5, 5.41) is 4.39. The van der Waals surface area contributed by atoms with Crippen LogP contribution in [0.4, 0.5) is 0 Å². The Kier molecular flexibility index (Phi) is 4.17. The topological polar surface area (TPSA) is 27.1 Å². The van der Waals surface area contributed by atoms with Crippen molar-refractivity contribution in [3.63, 3.8) is 0 Å². The van der Waals surface area contributed by atoms with E-state index in [0.29, 0.717) is 6.61 Å². The zero-order valence-corrected chi connectivity index (χ0v) is 12.1. The zero-order valence-electron chi connectivity index (χ0n) is 9.93. The highest BCUT2D eigenvalue weighted by atomic mass is 127. The van der Waals surface area contributed by atoms with Crippen LogP contribution in [0.5, 0.6) is 0 Å². The lowest BCUT2D eigenvalue weighted by molar-refractivity contribution is 0.157. The fourth-order valence-electron chi connectivity index (χ4n) is 1.73. The molecule has 0 aliphatic carbocycles. The molecule has 0 spiro atoms. The molecule has 4 heteroatoms. The highest BCUT2D eigenvalue weighted by Gasteiger charge is 2.09. The Hall–Kier alpha value is -0.880. The molecule has 3 nitrogen and oxygen atoms in total. The van der Waals surface area contributed by atoms with E-state index in [0.717, 1.165) is 5.56 Å². The Morgan fingerprint density at radius 2 is 2.18 bits per heavy atom. The Labute approximate surface area is 115 Å². The second kappa shape index (κ2) is 5.64. The number of aromatic nitrogens is 2. The van der Waals surface area contributed by atoms with Crippen LogP contribution in [0.1, 0.15) is 13.0 Å². The van der Waals surface area contributed by atoms with Crippen molar-refractivity contribution in [1.82, 2.24) is 9.78 Å². The Bertz CT molecular complexity index is 496. The number of rotatable bonds is 4. The van der Waals surface area contributed by atoms with Crippen LogP contribution < -0.4 is 0 Å². The molecule has 0 amide bonds. The predicted octanol–water partition coefficient (Wildman–Crippen LogP) is 3.36. The maximum absolute atomic E-state index is 5.13. The molecular formula is C13H15IN2O. The van der Waals surface area contributed by atoms with Gasteiger partial charge in [0.05, 0.1) is 18.8 Å². The molecule has 0 N–H and O–H groups in total. The number of nitrogens with zero attached hydrogens (tertiary/aromatic N) is 2. The summed E-state index contributed by atoms with van der Waals surface area (Å²) in [6, 6.07) is 8.57. The Morgan fingerprint density at radius 3 is 2.88 bits per heavy atom. The van der Waals surface area contributed by atoms with E-state index < -0.39 is 0 Å². The van der Waals surface area contributed by atoms with Crippen LogP contribution in [-0.4, -0.2) is 23.5 Å². The van der Waals surface area contributed by atoms with E-state index in [-0.39, 0.29) is 6.04 Å². The van der Waals surface area contributed by atoms with Crippen LogP contribution in [0.25, 0.3) is 11.1 Å². The smallest absolute Gasteiger partial charge is 0.0724 e. The van der Waals surface area contributed by atoms with E-state index in [2.05, 4.69) is 52.9 Å². The van der Waals surface area contributed by atoms with Crippen molar-refractivity contribution in [1.29, 1.82) is 0 Å². The monoisotopic (exact) mass is 342 g/mol.